The van der Waals surface area contributed by atoms with Gasteiger partial charge in [-0.15, -0.1) is 0 Å². The lowest BCUT2D eigenvalue weighted by atomic mass is 9.55. The molecule has 1 fully saturated rings. The number of hydrogen-bond acceptors (Lipinski definition) is 2. The number of rotatable bonds is 1. The summed E-state index contributed by atoms with van der Waals surface area (Å²) in [5.41, 5.74) is 2.83. The van der Waals surface area contributed by atoms with Crippen molar-refractivity contribution in [1.82, 2.24) is 0 Å². The Morgan fingerprint density at radius 3 is 2.95 bits per heavy atom. The molecule has 1 aromatic carbocycles. The molecule has 0 saturated heterocycles. The number of methoxy groups -OCH3 is 1. The summed E-state index contributed by atoms with van der Waals surface area (Å²) in [4.78, 5) is 12.2. The van der Waals surface area contributed by atoms with E-state index in [1.807, 2.05) is 6.08 Å². The van der Waals surface area contributed by atoms with Gasteiger partial charge in [-0.05, 0) is 72.8 Å². The Balaban J connectivity index is 1.72. The fourth-order valence-electron chi connectivity index (χ4n) is 4.96. The van der Waals surface area contributed by atoms with Crippen molar-refractivity contribution < 1.29 is 9.53 Å². The Morgan fingerprint density at radius 1 is 1.29 bits per heavy atom. The van der Waals surface area contributed by atoms with Crippen molar-refractivity contribution in [2.75, 3.05) is 7.11 Å². The first-order chi connectivity index (χ1) is 10.1. The van der Waals surface area contributed by atoms with Crippen LogP contribution in [0.3, 0.4) is 0 Å². The van der Waals surface area contributed by atoms with Crippen molar-refractivity contribution in [3.05, 3.63) is 41.5 Å². The molecule has 0 amide bonds. The summed E-state index contributed by atoms with van der Waals surface area (Å²) in [5.74, 6) is 3.01. The third-order valence-corrected chi connectivity index (χ3v) is 6.20. The highest BCUT2D eigenvalue weighted by molar-refractivity contribution is 5.97. The average molecular weight is 282 g/mol. The number of aryl methyl sites for hydroxylation is 1. The summed E-state index contributed by atoms with van der Waals surface area (Å²) < 4.78 is 5.36. The highest BCUT2D eigenvalue weighted by atomic mass is 16.5. The molecule has 21 heavy (non-hydrogen) atoms. The van der Waals surface area contributed by atoms with Crippen molar-refractivity contribution in [2.24, 2.45) is 17.3 Å². The second-order valence-electron chi connectivity index (χ2n) is 7.08. The number of fused-ring (bicyclic) bond motifs is 5. The lowest BCUT2D eigenvalue weighted by Gasteiger charge is -2.48. The van der Waals surface area contributed by atoms with Gasteiger partial charge in [0.2, 0.25) is 0 Å². The van der Waals surface area contributed by atoms with Gasteiger partial charge in [-0.1, -0.05) is 19.1 Å². The lowest BCUT2D eigenvalue weighted by molar-refractivity contribution is -0.126. The van der Waals surface area contributed by atoms with Crippen molar-refractivity contribution in [3.63, 3.8) is 0 Å². The van der Waals surface area contributed by atoms with Crippen LogP contribution in [0.2, 0.25) is 0 Å². The Bertz CT molecular complexity index is 630. The van der Waals surface area contributed by atoms with Crippen LogP contribution in [0, 0.1) is 17.3 Å². The van der Waals surface area contributed by atoms with E-state index in [2.05, 4.69) is 31.2 Å². The Kier molecular flexibility index (Phi) is 2.79. The molecule has 0 radical (unpaired) electrons. The topological polar surface area (TPSA) is 26.3 Å². The van der Waals surface area contributed by atoms with E-state index in [9.17, 15) is 4.79 Å². The van der Waals surface area contributed by atoms with Gasteiger partial charge in [0.1, 0.15) is 5.75 Å². The van der Waals surface area contributed by atoms with Crippen LogP contribution in [0.15, 0.2) is 30.4 Å². The van der Waals surface area contributed by atoms with Crippen LogP contribution in [-0.2, 0) is 11.2 Å². The third kappa shape index (κ3) is 1.74. The summed E-state index contributed by atoms with van der Waals surface area (Å²) in [7, 11) is 1.73. The maximum absolute atomic E-state index is 12.2. The van der Waals surface area contributed by atoms with Crippen LogP contribution in [0.1, 0.15) is 43.2 Å². The van der Waals surface area contributed by atoms with E-state index >= 15 is 0 Å². The first kappa shape index (κ1) is 13.1. The second-order valence-corrected chi connectivity index (χ2v) is 7.08. The van der Waals surface area contributed by atoms with Crippen molar-refractivity contribution in [3.8, 4) is 5.75 Å². The smallest absolute Gasteiger partial charge is 0.161 e. The van der Waals surface area contributed by atoms with Gasteiger partial charge in [-0.25, -0.2) is 0 Å². The molecule has 2 heteroatoms. The lowest BCUT2D eigenvalue weighted by Crippen LogP contribution is -2.42. The predicted molar refractivity (Wildman–Crippen MR) is 82.5 cm³/mol. The highest BCUT2D eigenvalue weighted by Crippen LogP contribution is 2.57. The molecular formula is C19H22O2. The minimum Gasteiger partial charge on any atom is -0.497 e. The number of benzene rings is 1. The van der Waals surface area contributed by atoms with Crippen LogP contribution < -0.4 is 4.74 Å². The van der Waals surface area contributed by atoms with Gasteiger partial charge in [-0.2, -0.15) is 0 Å². The standard InChI is InChI=1S/C19H22O2/c1-19-10-9-15-14-6-4-13(21-2)11-12(14)3-5-16(15)17(19)7-8-18(19)20/h4,6-8,11,15-17H,3,5,9-10H2,1-2H3/t15?,16?,17?,19-/m0/s1. The highest BCUT2D eigenvalue weighted by Gasteiger charge is 2.52. The van der Waals surface area contributed by atoms with Crippen molar-refractivity contribution >= 4 is 5.78 Å². The summed E-state index contributed by atoms with van der Waals surface area (Å²) in [6.45, 7) is 2.18. The fraction of sp³-hybridized carbons (Fsp3) is 0.526. The quantitative estimate of drug-likeness (QED) is 0.781. The molecule has 4 atom stereocenters. The first-order valence-electron chi connectivity index (χ1n) is 8.03. The minimum absolute atomic E-state index is 0.120. The average Bonchev–Trinajstić information content (AvgIpc) is 2.82. The molecule has 0 bridgehead atoms. The number of ketones is 1. The number of carbonyl (C=O) groups excluding carboxylic acids is 1. The maximum atomic E-state index is 12.2. The van der Waals surface area contributed by atoms with E-state index in [1.165, 1.54) is 17.5 Å². The van der Waals surface area contributed by atoms with E-state index in [4.69, 9.17) is 4.74 Å². The van der Waals surface area contributed by atoms with Gasteiger partial charge in [-0.3, -0.25) is 4.79 Å². The molecule has 2 nitrogen and oxygen atoms in total. The predicted octanol–water partition coefficient (Wildman–Crippen LogP) is 3.90. The second kappa shape index (κ2) is 4.46. The van der Waals surface area contributed by atoms with E-state index in [0.717, 1.165) is 25.0 Å². The Morgan fingerprint density at radius 2 is 2.14 bits per heavy atom. The van der Waals surface area contributed by atoms with Gasteiger partial charge in [0.15, 0.2) is 5.78 Å². The van der Waals surface area contributed by atoms with E-state index < -0.39 is 0 Å². The first-order valence-corrected chi connectivity index (χ1v) is 8.03. The molecule has 3 aliphatic carbocycles. The molecule has 110 valence electrons. The van der Waals surface area contributed by atoms with Gasteiger partial charge < -0.3 is 4.74 Å². The number of ether oxygens (including phenoxy) is 1. The van der Waals surface area contributed by atoms with Crippen LogP contribution in [0.25, 0.3) is 0 Å². The number of carbonyl (C=O) groups is 1. The molecule has 0 heterocycles. The van der Waals surface area contributed by atoms with E-state index in [1.54, 1.807) is 7.11 Å². The van der Waals surface area contributed by atoms with Crippen molar-refractivity contribution in [2.45, 2.75) is 38.5 Å². The van der Waals surface area contributed by atoms with Crippen molar-refractivity contribution in [1.29, 1.82) is 0 Å². The Labute approximate surface area is 126 Å². The zero-order chi connectivity index (χ0) is 14.6. The zero-order valence-corrected chi connectivity index (χ0v) is 12.8. The number of allylic oxidation sites excluding steroid dienone is 2. The Hall–Kier alpha value is -1.57. The monoisotopic (exact) mass is 282 g/mol. The molecule has 4 rings (SSSR count). The van der Waals surface area contributed by atoms with Crippen LogP contribution in [0.5, 0.6) is 5.75 Å². The fourth-order valence-corrected chi connectivity index (χ4v) is 4.96. The summed E-state index contributed by atoms with van der Waals surface area (Å²) in [6, 6.07) is 6.55. The van der Waals surface area contributed by atoms with Gasteiger partial charge in [0.25, 0.3) is 0 Å². The molecule has 0 aliphatic heterocycles. The van der Waals surface area contributed by atoms with E-state index in [0.29, 0.717) is 23.5 Å². The summed E-state index contributed by atoms with van der Waals surface area (Å²) in [5, 5.41) is 0. The third-order valence-electron chi connectivity index (χ3n) is 6.20. The van der Waals surface area contributed by atoms with Crippen LogP contribution in [-0.4, -0.2) is 12.9 Å². The molecule has 0 spiro atoms. The van der Waals surface area contributed by atoms with Crippen LogP contribution >= 0.6 is 0 Å². The molecule has 3 aliphatic rings. The molecule has 3 unspecified atom stereocenters. The van der Waals surface area contributed by atoms with Gasteiger partial charge >= 0.3 is 0 Å². The normalized spacial score (nSPS) is 36.9. The molecule has 0 aromatic heterocycles. The number of hydrogen-bond donors (Lipinski definition) is 0. The van der Waals surface area contributed by atoms with E-state index in [-0.39, 0.29) is 5.41 Å². The SMILES string of the molecule is COc1ccc2c(c1)CCC1C2CC[C@]2(C)C(=O)C=CC12. The molecule has 1 saturated carbocycles. The van der Waals surface area contributed by atoms with Gasteiger partial charge in [0.05, 0.1) is 7.11 Å². The maximum Gasteiger partial charge on any atom is 0.161 e. The van der Waals surface area contributed by atoms with Crippen LogP contribution in [0.4, 0.5) is 0 Å². The zero-order valence-electron chi connectivity index (χ0n) is 12.8. The summed E-state index contributed by atoms with van der Waals surface area (Å²) in [6.07, 6.45) is 8.52. The van der Waals surface area contributed by atoms with Gasteiger partial charge in [0, 0.05) is 5.41 Å². The molecule has 1 aromatic rings. The molecule has 0 N–H and O–H groups in total. The summed E-state index contributed by atoms with van der Waals surface area (Å²) >= 11 is 0. The minimum atomic E-state index is -0.120. The molecular weight excluding hydrogens is 260 g/mol. The largest absolute Gasteiger partial charge is 0.497 e.